The smallest absolute Gasteiger partial charge is 0.248 e. The molecular weight excluding hydrogens is 235 g/mol. The van der Waals surface area contributed by atoms with Crippen molar-refractivity contribution in [2.45, 2.75) is 13.1 Å². The summed E-state index contributed by atoms with van der Waals surface area (Å²) in [6, 6.07) is 4.15. The van der Waals surface area contributed by atoms with Crippen molar-refractivity contribution < 1.29 is 9.18 Å². The van der Waals surface area contributed by atoms with E-state index in [0.717, 1.165) is 11.6 Å². The lowest BCUT2D eigenvalue weighted by Gasteiger charge is -2.05. The summed E-state index contributed by atoms with van der Waals surface area (Å²) in [5, 5.41) is 4.06. The van der Waals surface area contributed by atoms with Gasteiger partial charge in [0, 0.05) is 29.4 Å². The van der Waals surface area contributed by atoms with Crippen LogP contribution in [0.5, 0.6) is 0 Å². The van der Waals surface area contributed by atoms with Crippen molar-refractivity contribution in [1.29, 1.82) is 0 Å². The van der Waals surface area contributed by atoms with Crippen LogP contribution in [0.15, 0.2) is 30.6 Å². The van der Waals surface area contributed by atoms with E-state index in [1.54, 1.807) is 17.1 Å². The molecule has 4 N–H and O–H groups in total. The lowest BCUT2D eigenvalue weighted by molar-refractivity contribution is 0.1000. The molecule has 1 amide bonds. The van der Waals surface area contributed by atoms with E-state index in [1.165, 1.54) is 12.1 Å². The number of carbonyl (C=O) groups excluding carboxylic acids is 1. The van der Waals surface area contributed by atoms with E-state index in [2.05, 4.69) is 5.10 Å². The van der Waals surface area contributed by atoms with Crippen molar-refractivity contribution in [2.75, 3.05) is 0 Å². The fourth-order valence-corrected chi connectivity index (χ4v) is 1.60. The first-order chi connectivity index (χ1) is 8.60. The quantitative estimate of drug-likeness (QED) is 0.831. The summed E-state index contributed by atoms with van der Waals surface area (Å²) < 4.78 is 15.3. The first kappa shape index (κ1) is 12.3. The zero-order valence-electron chi connectivity index (χ0n) is 9.64. The van der Waals surface area contributed by atoms with Gasteiger partial charge in [-0.3, -0.25) is 9.48 Å². The van der Waals surface area contributed by atoms with Crippen LogP contribution in [0.25, 0.3) is 0 Å². The van der Waals surface area contributed by atoms with E-state index >= 15 is 0 Å². The number of hydrogen-bond acceptors (Lipinski definition) is 3. The van der Waals surface area contributed by atoms with Crippen molar-refractivity contribution in [3.63, 3.8) is 0 Å². The third kappa shape index (κ3) is 2.54. The van der Waals surface area contributed by atoms with Crippen LogP contribution >= 0.6 is 0 Å². The molecule has 0 aliphatic carbocycles. The molecule has 2 aromatic rings. The van der Waals surface area contributed by atoms with Crippen molar-refractivity contribution in [2.24, 2.45) is 11.5 Å². The van der Waals surface area contributed by atoms with Gasteiger partial charge in [-0.05, 0) is 12.1 Å². The Bertz CT molecular complexity index is 579. The van der Waals surface area contributed by atoms with E-state index < -0.39 is 11.7 Å². The van der Waals surface area contributed by atoms with Crippen LogP contribution in [0.3, 0.4) is 0 Å². The predicted octanol–water partition coefficient (Wildman–Crippen LogP) is 0.628. The van der Waals surface area contributed by atoms with Crippen LogP contribution in [0, 0.1) is 5.82 Å². The summed E-state index contributed by atoms with van der Waals surface area (Å²) in [7, 11) is 0. The normalized spacial score (nSPS) is 10.6. The highest BCUT2D eigenvalue weighted by Crippen LogP contribution is 2.12. The molecule has 5 nitrogen and oxygen atoms in total. The van der Waals surface area contributed by atoms with Crippen molar-refractivity contribution in [1.82, 2.24) is 9.78 Å². The molecule has 0 radical (unpaired) electrons. The fraction of sp³-hybridized carbons (Fsp3) is 0.167. The molecule has 94 valence electrons. The van der Waals surface area contributed by atoms with Gasteiger partial charge >= 0.3 is 0 Å². The molecule has 1 aromatic heterocycles. The van der Waals surface area contributed by atoms with Crippen LogP contribution < -0.4 is 11.5 Å². The van der Waals surface area contributed by atoms with Crippen LogP contribution in [0.4, 0.5) is 4.39 Å². The van der Waals surface area contributed by atoms with Gasteiger partial charge in [-0.1, -0.05) is 6.07 Å². The Morgan fingerprint density at radius 1 is 1.44 bits per heavy atom. The second-order valence-corrected chi connectivity index (χ2v) is 3.92. The standard InChI is InChI=1S/C12H13FN4O/c13-11-3-9(12(15)18)1-2-10(11)7-17-6-8(4-14)5-16-17/h1-3,5-6H,4,7,14H2,(H2,15,18). The molecule has 0 saturated heterocycles. The Balaban J connectivity index is 2.21. The van der Waals surface area contributed by atoms with E-state index in [4.69, 9.17) is 11.5 Å². The Hall–Kier alpha value is -2.21. The summed E-state index contributed by atoms with van der Waals surface area (Å²) in [6.45, 7) is 0.675. The van der Waals surface area contributed by atoms with Crippen molar-refractivity contribution in [3.8, 4) is 0 Å². The Kier molecular flexibility index (Phi) is 3.38. The maximum Gasteiger partial charge on any atom is 0.248 e. The molecule has 0 bridgehead atoms. The van der Waals surface area contributed by atoms with Crippen LogP contribution in [-0.4, -0.2) is 15.7 Å². The summed E-state index contributed by atoms with van der Waals surface area (Å²) >= 11 is 0. The van der Waals surface area contributed by atoms with Gasteiger partial charge in [0.15, 0.2) is 0 Å². The summed E-state index contributed by atoms with van der Waals surface area (Å²) in [5.74, 6) is -1.12. The van der Waals surface area contributed by atoms with Crippen LogP contribution in [0.1, 0.15) is 21.5 Å². The van der Waals surface area contributed by atoms with Gasteiger partial charge in [0.2, 0.25) is 5.91 Å². The molecule has 2 rings (SSSR count). The van der Waals surface area contributed by atoms with Crippen molar-refractivity contribution in [3.05, 3.63) is 53.1 Å². The van der Waals surface area contributed by atoms with Gasteiger partial charge in [0.1, 0.15) is 5.82 Å². The van der Waals surface area contributed by atoms with Crippen molar-refractivity contribution >= 4 is 5.91 Å². The Morgan fingerprint density at radius 3 is 2.78 bits per heavy atom. The molecule has 0 fully saturated rings. The lowest BCUT2D eigenvalue weighted by Crippen LogP contribution is -2.12. The lowest BCUT2D eigenvalue weighted by atomic mass is 10.1. The zero-order chi connectivity index (χ0) is 13.1. The van der Waals surface area contributed by atoms with Gasteiger partial charge in [-0.15, -0.1) is 0 Å². The number of nitrogens with two attached hydrogens (primary N) is 2. The van der Waals surface area contributed by atoms with Crippen LogP contribution in [0.2, 0.25) is 0 Å². The molecule has 0 aliphatic rings. The fourth-order valence-electron chi connectivity index (χ4n) is 1.60. The van der Waals surface area contributed by atoms with Crippen LogP contribution in [-0.2, 0) is 13.1 Å². The second-order valence-electron chi connectivity index (χ2n) is 3.92. The number of benzene rings is 1. The number of carbonyl (C=O) groups is 1. The highest BCUT2D eigenvalue weighted by molar-refractivity contribution is 5.92. The highest BCUT2D eigenvalue weighted by atomic mass is 19.1. The number of aromatic nitrogens is 2. The molecule has 1 aromatic carbocycles. The van der Waals surface area contributed by atoms with Gasteiger partial charge < -0.3 is 11.5 Å². The van der Waals surface area contributed by atoms with E-state index in [1.807, 2.05) is 0 Å². The molecule has 0 aliphatic heterocycles. The number of hydrogen-bond donors (Lipinski definition) is 2. The minimum Gasteiger partial charge on any atom is -0.366 e. The highest BCUT2D eigenvalue weighted by Gasteiger charge is 2.08. The topological polar surface area (TPSA) is 86.9 Å². The average Bonchev–Trinajstić information content (AvgIpc) is 2.79. The summed E-state index contributed by atoms with van der Waals surface area (Å²) in [4.78, 5) is 10.9. The first-order valence-electron chi connectivity index (χ1n) is 5.40. The maximum absolute atomic E-state index is 13.7. The van der Waals surface area contributed by atoms with Gasteiger partial charge in [0.25, 0.3) is 0 Å². The third-order valence-corrected chi connectivity index (χ3v) is 2.59. The number of primary amides is 1. The first-order valence-corrected chi connectivity index (χ1v) is 5.40. The molecule has 0 saturated carbocycles. The number of amides is 1. The van der Waals surface area contributed by atoms with Gasteiger partial charge in [-0.25, -0.2) is 4.39 Å². The maximum atomic E-state index is 13.7. The molecule has 0 unspecified atom stereocenters. The Labute approximate surface area is 103 Å². The minimum atomic E-state index is -0.648. The molecule has 6 heteroatoms. The molecular formula is C12H13FN4O. The number of nitrogens with zero attached hydrogens (tertiary/aromatic N) is 2. The monoisotopic (exact) mass is 248 g/mol. The Morgan fingerprint density at radius 2 is 2.22 bits per heavy atom. The largest absolute Gasteiger partial charge is 0.366 e. The zero-order valence-corrected chi connectivity index (χ0v) is 9.64. The molecule has 1 heterocycles. The van der Waals surface area contributed by atoms with E-state index in [0.29, 0.717) is 12.1 Å². The van der Waals surface area contributed by atoms with E-state index in [-0.39, 0.29) is 12.1 Å². The molecule has 18 heavy (non-hydrogen) atoms. The van der Waals surface area contributed by atoms with Gasteiger partial charge in [-0.2, -0.15) is 5.10 Å². The summed E-state index contributed by atoms with van der Waals surface area (Å²) in [5.41, 5.74) is 12.0. The second kappa shape index (κ2) is 4.97. The SMILES string of the molecule is NCc1cnn(Cc2ccc(C(N)=O)cc2F)c1. The van der Waals surface area contributed by atoms with Gasteiger partial charge in [0.05, 0.1) is 12.7 Å². The molecule has 0 atom stereocenters. The third-order valence-electron chi connectivity index (χ3n) is 2.59. The van der Waals surface area contributed by atoms with E-state index in [9.17, 15) is 9.18 Å². The number of rotatable bonds is 4. The number of halogens is 1. The molecule has 0 spiro atoms. The summed E-state index contributed by atoms with van der Waals surface area (Å²) in [6.07, 6.45) is 3.39. The minimum absolute atomic E-state index is 0.152. The average molecular weight is 248 g/mol. The predicted molar refractivity (Wildman–Crippen MR) is 64.1 cm³/mol.